The van der Waals surface area contributed by atoms with Gasteiger partial charge in [-0.1, -0.05) is 6.92 Å². The van der Waals surface area contributed by atoms with Crippen LogP contribution in [0.4, 0.5) is 0 Å². The van der Waals surface area contributed by atoms with Crippen LogP contribution in [0.15, 0.2) is 5.38 Å². The summed E-state index contributed by atoms with van der Waals surface area (Å²) < 4.78 is 0. The van der Waals surface area contributed by atoms with E-state index < -0.39 is 0 Å². The third-order valence-corrected chi connectivity index (χ3v) is 4.15. The zero-order valence-electron chi connectivity index (χ0n) is 10.4. The summed E-state index contributed by atoms with van der Waals surface area (Å²) in [6.07, 6.45) is 2.06. The highest BCUT2D eigenvalue weighted by atomic mass is 32.2. The molecule has 0 saturated heterocycles. The van der Waals surface area contributed by atoms with Crippen LogP contribution in [0.5, 0.6) is 0 Å². The molecule has 3 N–H and O–H groups in total. The van der Waals surface area contributed by atoms with Gasteiger partial charge in [-0.2, -0.15) is 11.8 Å². The summed E-state index contributed by atoms with van der Waals surface area (Å²) in [5.74, 6) is 1.41. The molecule has 0 aliphatic carbocycles. The molecular weight excluding hydrogens is 254 g/mol. The van der Waals surface area contributed by atoms with Gasteiger partial charge in [-0.15, -0.1) is 11.3 Å². The first-order chi connectivity index (χ1) is 8.04. The fourth-order valence-corrected chi connectivity index (χ4v) is 2.75. The Bertz CT molecular complexity index is 365. The van der Waals surface area contributed by atoms with Crippen LogP contribution in [0.3, 0.4) is 0 Å². The van der Waals surface area contributed by atoms with E-state index in [1.165, 1.54) is 11.3 Å². The molecule has 17 heavy (non-hydrogen) atoms. The molecule has 6 heteroatoms. The summed E-state index contributed by atoms with van der Waals surface area (Å²) >= 11 is 3.21. The van der Waals surface area contributed by atoms with Gasteiger partial charge >= 0.3 is 0 Å². The molecule has 1 rings (SSSR count). The SMILES string of the molecule is CSCC(C)CNC(=O)c1csc(C(C)N)n1. The van der Waals surface area contributed by atoms with Crippen LogP contribution in [0.25, 0.3) is 0 Å². The standard InChI is InChI=1S/C11H19N3OS2/c1-7(5-16-3)4-13-10(15)9-6-17-11(14-9)8(2)12/h6-8H,4-5,12H2,1-3H3,(H,13,15). The average Bonchev–Trinajstić information content (AvgIpc) is 2.75. The Morgan fingerprint density at radius 2 is 2.35 bits per heavy atom. The smallest absolute Gasteiger partial charge is 0.270 e. The number of nitrogens with one attached hydrogen (secondary N) is 1. The van der Waals surface area contributed by atoms with Gasteiger partial charge in [0.1, 0.15) is 10.7 Å². The van der Waals surface area contributed by atoms with Crippen LogP contribution in [-0.4, -0.2) is 29.4 Å². The van der Waals surface area contributed by atoms with Gasteiger partial charge in [-0.3, -0.25) is 4.79 Å². The molecule has 0 spiro atoms. The van der Waals surface area contributed by atoms with Gasteiger partial charge in [0.2, 0.25) is 0 Å². The van der Waals surface area contributed by atoms with Crippen LogP contribution in [0.1, 0.15) is 35.4 Å². The van der Waals surface area contributed by atoms with Gasteiger partial charge in [0, 0.05) is 11.9 Å². The second-order valence-corrected chi connectivity index (χ2v) is 5.93. The second-order valence-electron chi connectivity index (χ2n) is 4.13. The van der Waals surface area contributed by atoms with Gasteiger partial charge in [0.25, 0.3) is 5.91 Å². The van der Waals surface area contributed by atoms with E-state index >= 15 is 0 Å². The number of carbonyl (C=O) groups is 1. The Hall–Kier alpha value is -0.590. The summed E-state index contributed by atoms with van der Waals surface area (Å²) in [5, 5.41) is 5.44. The number of hydrogen-bond donors (Lipinski definition) is 2. The first-order valence-electron chi connectivity index (χ1n) is 5.52. The molecular formula is C11H19N3OS2. The normalized spacial score (nSPS) is 14.4. The maximum absolute atomic E-state index is 11.8. The number of aromatic nitrogens is 1. The van der Waals surface area contributed by atoms with Crippen LogP contribution in [0, 0.1) is 5.92 Å². The van der Waals surface area contributed by atoms with Crippen molar-refractivity contribution >= 4 is 29.0 Å². The lowest BCUT2D eigenvalue weighted by atomic mass is 10.2. The number of rotatable bonds is 6. The number of thiazole rings is 1. The van der Waals surface area contributed by atoms with Crippen molar-refractivity contribution in [2.45, 2.75) is 19.9 Å². The summed E-state index contributed by atoms with van der Waals surface area (Å²) in [7, 11) is 0. The van der Waals surface area contributed by atoms with Crippen LogP contribution in [0.2, 0.25) is 0 Å². The van der Waals surface area contributed by atoms with Crippen molar-refractivity contribution in [1.29, 1.82) is 0 Å². The van der Waals surface area contributed by atoms with Crippen LogP contribution in [-0.2, 0) is 0 Å². The minimum atomic E-state index is -0.114. The molecule has 1 heterocycles. The predicted octanol–water partition coefficient (Wildman–Crippen LogP) is 1.89. The van der Waals surface area contributed by atoms with Gasteiger partial charge in [0.05, 0.1) is 6.04 Å². The maximum atomic E-state index is 11.8. The highest BCUT2D eigenvalue weighted by Crippen LogP contribution is 2.15. The molecule has 1 aromatic heterocycles. The Morgan fingerprint density at radius 1 is 1.65 bits per heavy atom. The molecule has 0 aliphatic heterocycles. The van der Waals surface area contributed by atoms with Crippen molar-refractivity contribution in [2.75, 3.05) is 18.6 Å². The molecule has 96 valence electrons. The number of thioether (sulfide) groups is 1. The van der Waals surface area contributed by atoms with E-state index in [2.05, 4.69) is 23.5 Å². The summed E-state index contributed by atoms with van der Waals surface area (Å²) in [4.78, 5) is 16.0. The first-order valence-corrected chi connectivity index (χ1v) is 7.80. The van der Waals surface area contributed by atoms with E-state index in [0.29, 0.717) is 18.2 Å². The summed E-state index contributed by atoms with van der Waals surface area (Å²) in [6.45, 7) is 4.66. The molecule has 2 atom stereocenters. The number of nitrogens with zero attached hydrogens (tertiary/aromatic N) is 1. The van der Waals surface area contributed by atoms with Crippen molar-refractivity contribution in [3.63, 3.8) is 0 Å². The van der Waals surface area contributed by atoms with Crippen molar-refractivity contribution in [3.8, 4) is 0 Å². The van der Waals surface area contributed by atoms with E-state index in [1.807, 2.05) is 6.92 Å². The third-order valence-electron chi connectivity index (χ3n) is 2.21. The number of carbonyl (C=O) groups excluding carboxylic acids is 1. The first kappa shape index (κ1) is 14.5. The number of hydrogen-bond acceptors (Lipinski definition) is 5. The van der Waals surface area contributed by atoms with Gasteiger partial charge in [-0.25, -0.2) is 4.98 Å². The Balaban J connectivity index is 2.46. The van der Waals surface area contributed by atoms with Gasteiger partial charge < -0.3 is 11.1 Å². The van der Waals surface area contributed by atoms with Crippen LogP contribution < -0.4 is 11.1 Å². The second kappa shape index (κ2) is 6.98. The fraction of sp³-hybridized carbons (Fsp3) is 0.636. The molecule has 0 bridgehead atoms. The van der Waals surface area contributed by atoms with Crippen molar-refractivity contribution in [3.05, 3.63) is 16.1 Å². The minimum absolute atomic E-state index is 0.110. The van der Waals surface area contributed by atoms with E-state index in [4.69, 9.17) is 5.73 Å². The zero-order valence-corrected chi connectivity index (χ0v) is 12.0. The fourth-order valence-electron chi connectivity index (χ4n) is 1.30. The minimum Gasteiger partial charge on any atom is -0.350 e. The van der Waals surface area contributed by atoms with Crippen LogP contribution >= 0.6 is 23.1 Å². The Morgan fingerprint density at radius 3 is 2.88 bits per heavy atom. The number of amides is 1. The molecule has 0 fully saturated rings. The third kappa shape index (κ3) is 4.65. The Kier molecular flexibility index (Phi) is 5.94. The van der Waals surface area contributed by atoms with Gasteiger partial charge in [0.15, 0.2) is 0 Å². The Labute approximate surface area is 110 Å². The average molecular weight is 273 g/mol. The monoisotopic (exact) mass is 273 g/mol. The molecule has 0 saturated carbocycles. The molecule has 0 aliphatic rings. The highest BCUT2D eigenvalue weighted by Gasteiger charge is 2.13. The van der Waals surface area contributed by atoms with E-state index in [0.717, 1.165) is 10.8 Å². The van der Waals surface area contributed by atoms with E-state index in [-0.39, 0.29) is 11.9 Å². The lowest BCUT2D eigenvalue weighted by molar-refractivity contribution is 0.0945. The molecule has 1 amide bonds. The van der Waals surface area contributed by atoms with E-state index in [1.54, 1.807) is 17.1 Å². The van der Waals surface area contributed by atoms with E-state index in [9.17, 15) is 4.79 Å². The summed E-state index contributed by atoms with van der Waals surface area (Å²) in [5.41, 5.74) is 6.17. The predicted molar refractivity (Wildman–Crippen MR) is 74.6 cm³/mol. The molecule has 0 aromatic carbocycles. The quantitative estimate of drug-likeness (QED) is 0.830. The molecule has 1 aromatic rings. The van der Waals surface area contributed by atoms with Gasteiger partial charge in [-0.05, 0) is 24.9 Å². The maximum Gasteiger partial charge on any atom is 0.270 e. The largest absolute Gasteiger partial charge is 0.350 e. The number of nitrogens with two attached hydrogens (primary N) is 1. The van der Waals surface area contributed by atoms with Crippen molar-refractivity contribution < 1.29 is 4.79 Å². The summed E-state index contributed by atoms with van der Waals surface area (Å²) in [6, 6.07) is -0.114. The molecule has 4 nitrogen and oxygen atoms in total. The topological polar surface area (TPSA) is 68.0 Å². The van der Waals surface area contributed by atoms with Crippen molar-refractivity contribution in [1.82, 2.24) is 10.3 Å². The molecule has 0 radical (unpaired) electrons. The zero-order chi connectivity index (χ0) is 12.8. The lowest BCUT2D eigenvalue weighted by Crippen LogP contribution is -2.29. The highest BCUT2D eigenvalue weighted by molar-refractivity contribution is 7.98. The molecule has 2 unspecified atom stereocenters. The lowest BCUT2D eigenvalue weighted by Gasteiger charge is -2.09. The van der Waals surface area contributed by atoms with Crippen molar-refractivity contribution in [2.24, 2.45) is 11.7 Å².